The highest BCUT2D eigenvalue weighted by molar-refractivity contribution is 5.75. The van der Waals surface area contributed by atoms with Crippen LogP contribution in [0.3, 0.4) is 0 Å². The third-order valence-electron chi connectivity index (χ3n) is 4.07. The maximum Gasteiger partial charge on any atom is 0.314 e. The molecule has 2 aliphatic rings. The number of hydrogen-bond donors (Lipinski definition) is 1. The van der Waals surface area contributed by atoms with Gasteiger partial charge in [-0.3, -0.25) is 4.79 Å². The minimum atomic E-state index is -0.791. The molecule has 6 nitrogen and oxygen atoms in total. The van der Waals surface area contributed by atoms with Gasteiger partial charge in [0.2, 0.25) is 0 Å². The van der Waals surface area contributed by atoms with Crippen LogP contribution in [0.15, 0.2) is 0 Å². The van der Waals surface area contributed by atoms with Crippen LogP contribution in [0.4, 0.5) is 0 Å². The molecule has 3 rings (SSSR count). The van der Waals surface area contributed by atoms with Crippen molar-refractivity contribution in [3.05, 3.63) is 11.6 Å². The van der Waals surface area contributed by atoms with Crippen LogP contribution in [0.25, 0.3) is 0 Å². The number of ether oxygens (including phenoxy) is 1. The predicted octanol–water partition coefficient (Wildman–Crippen LogP) is 1.21. The lowest BCUT2D eigenvalue weighted by atomic mass is 9.96. The van der Waals surface area contributed by atoms with Gasteiger partial charge < -0.3 is 14.4 Å². The lowest BCUT2D eigenvalue weighted by Crippen LogP contribution is -2.25. The number of carboxylic acids is 1. The highest BCUT2D eigenvalue weighted by Gasteiger charge is 2.31. The van der Waals surface area contributed by atoms with Crippen LogP contribution in [-0.2, 0) is 22.5 Å². The maximum absolute atomic E-state index is 11.2. The summed E-state index contributed by atoms with van der Waals surface area (Å²) in [6.07, 6.45) is 4.66. The Balaban J connectivity index is 1.78. The molecule has 2 atom stereocenters. The number of fused-ring (bicyclic) bond motifs is 1. The van der Waals surface area contributed by atoms with Crippen LogP contribution in [0.5, 0.6) is 0 Å². The van der Waals surface area contributed by atoms with Crippen molar-refractivity contribution in [2.75, 3.05) is 13.2 Å². The van der Waals surface area contributed by atoms with Crippen LogP contribution in [0, 0.1) is 5.92 Å². The highest BCUT2D eigenvalue weighted by atomic mass is 16.5. The molecular weight excluding hydrogens is 246 g/mol. The van der Waals surface area contributed by atoms with Gasteiger partial charge in [-0.1, -0.05) is 0 Å². The first-order chi connectivity index (χ1) is 9.25. The van der Waals surface area contributed by atoms with Crippen molar-refractivity contribution >= 4 is 5.97 Å². The van der Waals surface area contributed by atoms with Gasteiger partial charge in [0.05, 0.1) is 0 Å². The summed E-state index contributed by atoms with van der Waals surface area (Å²) >= 11 is 0. The lowest BCUT2D eigenvalue weighted by Gasteiger charge is -2.24. The van der Waals surface area contributed by atoms with Crippen LogP contribution < -0.4 is 0 Å². The lowest BCUT2D eigenvalue weighted by molar-refractivity contribution is -0.139. The van der Waals surface area contributed by atoms with Gasteiger partial charge in [-0.15, -0.1) is 10.2 Å². The molecule has 104 valence electrons. The van der Waals surface area contributed by atoms with Gasteiger partial charge in [0.25, 0.3) is 0 Å². The molecule has 19 heavy (non-hydrogen) atoms. The van der Waals surface area contributed by atoms with E-state index in [0.29, 0.717) is 18.2 Å². The second-order valence-electron chi connectivity index (χ2n) is 5.45. The number of aromatic nitrogens is 3. The van der Waals surface area contributed by atoms with E-state index in [0.717, 1.165) is 51.3 Å². The number of hydrogen-bond acceptors (Lipinski definition) is 4. The minimum Gasteiger partial charge on any atom is -0.481 e. The van der Waals surface area contributed by atoms with Crippen molar-refractivity contribution in [1.29, 1.82) is 0 Å². The molecule has 1 saturated heterocycles. The van der Waals surface area contributed by atoms with Gasteiger partial charge in [-0.2, -0.15) is 0 Å². The molecule has 1 aromatic rings. The van der Waals surface area contributed by atoms with Crippen LogP contribution in [-0.4, -0.2) is 39.1 Å². The zero-order chi connectivity index (χ0) is 13.2. The molecule has 3 heterocycles. The smallest absolute Gasteiger partial charge is 0.314 e. The Morgan fingerprint density at radius 2 is 2.26 bits per heavy atom. The summed E-state index contributed by atoms with van der Waals surface area (Å²) < 4.78 is 7.49. The van der Waals surface area contributed by atoms with Crippen molar-refractivity contribution in [3.63, 3.8) is 0 Å². The summed E-state index contributed by atoms with van der Waals surface area (Å²) in [5.41, 5.74) is 0. The van der Waals surface area contributed by atoms with E-state index in [2.05, 4.69) is 10.2 Å². The van der Waals surface area contributed by atoms with E-state index >= 15 is 0 Å². The summed E-state index contributed by atoms with van der Waals surface area (Å²) in [6.45, 7) is 2.48. The SMILES string of the molecule is O=C(O)C1CCCn2c(CC3CCCOC3)nnc21. The summed E-state index contributed by atoms with van der Waals surface area (Å²) in [5, 5.41) is 17.5. The average Bonchev–Trinajstić information content (AvgIpc) is 2.83. The average molecular weight is 265 g/mol. The Morgan fingerprint density at radius 3 is 3.00 bits per heavy atom. The molecule has 0 radical (unpaired) electrons. The second kappa shape index (κ2) is 5.28. The van der Waals surface area contributed by atoms with Crippen molar-refractivity contribution in [3.8, 4) is 0 Å². The quantitative estimate of drug-likeness (QED) is 0.888. The topological polar surface area (TPSA) is 77.2 Å². The van der Waals surface area contributed by atoms with E-state index in [1.165, 1.54) is 0 Å². The van der Waals surface area contributed by atoms with Gasteiger partial charge in [0, 0.05) is 26.2 Å². The summed E-state index contributed by atoms with van der Waals surface area (Å²) in [6, 6.07) is 0. The van der Waals surface area contributed by atoms with Crippen LogP contribution >= 0.6 is 0 Å². The van der Waals surface area contributed by atoms with Gasteiger partial charge in [0.15, 0.2) is 0 Å². The van der Waals surface area contributed by atoms with E-state index < -0.39 is 11.9 Å². The number of nitrogens with zero attached hydrogens (tertiary/aromatic N) is 3. The van der Waals surface area contributed by atoms with E-state index in [1.807, 2.05) is 4.57 Å². The molecule has 2 unspecified atom stereocenters. The van der Waals surface area contributed by atoms with Gasteiger partial charge >= 0.3 is 5.97 Å². The summed E-state index contributed by atoms with van der Waals surface area (Å²) in [4.78, 5) is 11.2. The first-order valence-electron chi connectivity index (χ1n) is 6.98. The van der Waals surface area contributed by atoms with Gasteiger partial charge in [-0.05, 0) is 31.6 Å². The second-order valence-corrected chi connectivity index (χ2v) is 5.45. The first-order valence-corrected chi connectivity index (χ1v) is 6.98. The molecule has 1 fully saturated rings. The number of carbonyl (C=O) groups is 1. The number of rotatable bonds is 3. The van der Waals surface area contributed by atoms with Gasteiger partial charge in [-0.25, -0.2) is 0 Å². The van der Waals surface area contributed by atoms with Crippen molar-refractivity contribution in [2.24, 2.45) is 5.92 Å². The standard InChI is InChI=1S/C13H19N3O3/c17-13(18)10-4-1-5-16-11(14-15-12(10)16)7-9-3-2-6-19-8-9/h9-10H,1-8H2,(H,17,18). The fourth-order valence-electron chi connectivity index (χ4n) is 3.04. The predicted molar refractivity (Wildman–Crippen MR) is 66.9 cm³/mol. The fraction of sp³-hybridized carbons (Fsp3) is 0.769. The molecule has 1 N–H and O–H groups in total. The molecule has 0 spiro atoms. The van der Waals surface area contributed by atoms with E-state index in [1.54, 1.807) is 0 Å². The van der Waals surface area contributed by atoms with Crippen LogP contribution in [0.1, 0.15) is 43.3 Å². The summed E-state index contributed by atoms with van der Waals surface area (Å²) in [7, 11) is 0. The van der Waals surface area contributed by atoms with Crippen LogP contribution in [0.2, 0.25) is 0 Å². The molecule has 1 aromatic heterocycles. The van der Waals surface area contributed by atoms with Crippen molar-refractivity contribution in [2.45, 2.75) is 44.6 Å². The third-order valence-corrected chi connectivity index (χ3v) is 4.07. The maximum atomic E-state index is 11.2. The Morgan fingerprint density at radius 1 is 1.37 bits per heavy atom. The number of carboxylic acid groups (broad SMARTS) is 1. The Kier molecular flexibility index (Phi) is 3.50. The Hall–Kier alpha value is -1.43. The van der Waals surface area contributed by atoms with E-state index in [4.69, 9.17) is 4.74 Å². The molecule has 6 heteroatoms. The fourth-order valence-corrected chi connectivity index (χ4v) is 3.04. The summed E-state index contributed by atoms with van der Waals surface area (Å²) in [5.74, 6) is 0.771. The minimum absolute atomic E-state index is 0.488. The van der Waals surface area contributed by atoms with Crippen molar-refractivity contribution in [1.82, 2.24) is 14.8 Å². The Labute approximate surface area is 111 Å². The van der Waals surface area contributed by atoms with E-state index in [-0.39, 0.29) is 0 Å². The zero-order valence-electron chi connectivity index (χ0n) is 10.9. The molecule has 2 aliphatic heterocycles. The Bertz CT molecular complexity index is 466. The molecule has 0 aromatic carbocycles. The third kappa shape index (κ3) is 2.49. The normalized spacial score (nSPS) is 26.9. The van der Waals surface area contributed by atoms with Gasteiger partial charge in [0.1, 0.15) is 17.6 Å². The van der Waals surface area contributed by atoms with E-state index in [9.17, 15) is 9.90 Å². The largest absolute Gasteiger partial charge is 0.481 e. The molecule has 0 amide bonds. The molecule has 0 saturated carbocycles. The zero-order valence-corrected chi connectivity index (χ0v) is 10.9. The molecule has 0 aliphatic carbocycles. The highest BCUT2D eigenvalue weighted by Crippen LogP contribution is 2.28. The first kappa shape index (κ1) is 12.6. The number of aliphatic carboxylic acids is 1. The molecular formula is C13H19N3O3. The molecule has 0 bridgehead atoms. The van der Waals surface area contributed by atoms with Crippen molar-refractivity contribution < 1.29 is 14.6 Å². The monoisotopic (exact) mass is 265 g/mol.